The van der Waals surface area contributed by atoms with Crippen molar-refractivity contribution in [3.63, 3.8) is 0 Å². The zero-order chi connectivity index (χ0) is 25.8. The zero-order valence-electron chi connectivity index (χ0n) is 19.6. The van der Waals surface area contributed by atoms with Gasteiger partial charge in [-0.05, 0) is 65.9 Å². The molecular weight excluding hydrogens is 477 g/mol. The number of nitrogens with one attached hydrogen (secondary N) is 1. The first kappa shape index (κ1) is 24.0. The van der Waals surface area contributed by atoms with Crippen molar-refractivity contribution in [2.45, 2.75) is 25.5 Å². The molecule has 0 aromatic heterocycles. The molecule has 9 heteroatoms. The summed E-state index contributed by atoms with van der Waals surface area (Å²) in [7, 11) is 0. The van der Waals surface area contributed by atoms with Crippen LogP contribution in [0.25, 0.3) is 0 Å². The van der Waals surface area contributed by atoms with Gasteiger partial charge in [-0.25, -0.2) is 14.2 Å². The van der Waals surface area contributed by atoms with Crippen molar-refractivity contribution in [1.82, 2.24) is 5.32 Å². The molecule has 0 saturated heterocycles. The molecule has 0 aliphatic carbocycles. The molecule has 0 saturated carbocycles. The molecule has 3 aromatic rings. The molecule has 1 N–H and O–H groups in total. The maximum absolute atomic E-state index is 13.4. The highest BCUT2D eigenvalue weighted by atomic mass is 19.1. The molecule has 2 heterocycles. The van der Waals surface area contributed by atoms with E-state index in [1.807, 2.05) is 18.2 Å². The molecule has 5 rings (SSSR count). The predicted molar refractivity (Wildman–Crippen MR) is 130 cm³/mol. The van der Waals surface area contributed by atoms with E-state index in [2.05, 4.69) is 16.4 Å². The fraction of sp³-hybridized carbons (Fsp3) is 0.214. The van der Waals surface area contributed by atoms with Gasteiger partial charge in [0.1, 0.15) is 18.3 Å². The minimum Gasteiger partial charge on any atom is -0.460 e. The van der Waals surface area contributed by atoms with E-state index in [9.17, 15) is 19.2 Å². The molecule has 2 aliphatic rings. The smallest absolute Gasteiger partial charge is 0.341 e. The fourth-order valence-corrected chi connectivity index (χ4v) is 4.40. The summed E-state index contributed by atoms with van der Waals surface area (Å²) in [6.07, 6.45) is 0.813. The van der Waals surface area contributed by atoms with E-state index in [-0.39, 0.29) is 19.2 Å². The standard InChI is InChI=1S/C28H22FN3O5/c29-21-8-4-18(5-9-21)15-35-27(33)25-22(10-6-17-7-11-23-24(13-17)37-16-36-23)31-28(34)32-26(25)20-3-1-2-19(12-20)14-30/h1-5,7-9,11-13,25-26H,6,10,15-16H2,(H,32,34). The van der Waals surface area contributed by atoms with Crippen molar-refractivity contribution < 1.29 is 28.2 Å². The maximum atomic E-state index is 13.4. The van der Waals surface area contributed by atoms with Crippen LogP contribution in [0.4, 0.5) is 9.18 Å². The summed E-state index contributed by atoms with van der Waals surface area (Å²) in [5.41, 5.74) is 2.91. The Morgan fingerprint density at radius 2 is 1.84 bits per heavy atom. The van der Waals surface area contributed by atoms with Crippen LogP contribution < -0.4 is 14.8 Å². The largest absolute Gasteiger partial charge is 0.460 e. The number of benzene rings is 3. The molecule has 0 bridgehead atoms. The number of hydrogen-bond donors (Lipinski definition) is 1. The number of aryl methyl sites for hydroxylation is 1. The van der Waals surface area contributed by atoms with E-state index in [0.717, 1.165) is 5.56 Å². The van der Waals surface area contributed by atoms with Gasteiger partial charge >= 0.3 is 12.0 Å². The lowest BCUT2D eigenvalue weighted by atomic mass is 9.85. The number of nitrogens with zero attached hydrogens (tertiary/aromatic N) is 2. The molecule has 3 aromatic carbocycles. The molecular formula is C28H22FN3O5. The van der Waals surface area contributed by atoms with Gasteiger partial charge < -0.3 is 19.5 Å². The summed E-state index contributed by atoms with van der Waals surface area (Å²) in [6.45, 7) is 0.0982. The summed E-state index contributed by atoms with van der Waals surface area (Å²) in [6, 6.07) is 18.7. The van der Waals surface area contributed by atoms with Crippen LogP contribution in [0.15, 0.2) is 71.7 Å². The Hall–Kier alpha value is -4.71. The number of carbonyl (C=O) groups is 2. The Kier molecular flexibility index (Phi) is 6.81. The Morgan fingerprint density at radius 3 is 2.65 bits per heavy atom. The maximum Gasteiger partial charge on any atom is 0.341 e. The summed E-state index contributed by atoms with van der Waals surface area (Å²) in [5, 5.41) is 12.1. The normalized spacial score (nSPS) is 17.9. The lowest BCUT2D eigenvalue weighted by Crippen LogP contribution is -2.45. The van der Waals surface area contributed by atoms with E-state index in [0.29, 0.717) is 46.7 Å². The van der Waals surface area contributed by atoms with E-state index < -0.39 is 24.0 Å². The lowest BCUT2D eigenvalue weighted by molar-refractivity contribution is -0.148. The van der Waals surface area contributed by atoms with Crippen LogP contribution in [-0.2, 0) is 22.6 Å². The fourth-order valence-electron chi connectivity index (χ4n) is 4.40. The summed E-state index contributed by atoms with van der Waals surface area (Å²) >= 11 is 0. The van der Waals surface area contributed by atoms with Crippen molar-refractivity contribution in [2.75, 3.05) is 6.79 Å². The number of halogens is 1. The van der Waals surface area contributed by atoms with Crippen molar-refractivity contribution in [2.24, 2.45) is 10.9 Å². The first-order chi connectivity index (χ1) is 18.0. The lowest BCUT2D eigenvalue weighted by Gasteiger charge is -2.31. The van der Waals surface area contributed by atoms with Crippen molar-refractivity contribution >= 4 is 17.7 Å². The summed E-state index contributed by atoms with van der Waals surface area (Å²) in [4.78, 5) is 30.1. The molecule has 0 radical (unpaired) electrons. The molecule has 186 valence electrons. The van der Waals surface area contributed by atoms with Crippen LogP contribution in [0.3, 0.4) is 0 Å². The van der Waals surface area contributed by atoms with Gasteiger partial charge in [-0.15, -0.1) is 0 Å². The number of carbonyl (C=O) groups excluding carboxylic acids is 2. The van der Waals surface area contributed by atoms with Gasteiger partial charge in [-0.3, -0.25) is 4.79 Å². The summed E-state index contributed by atoms with van der Waals surface area (Å²) in [5.74, 6) is -0.581. The van der Waals surface area contributed by atoms with Crippen molar-refractivity contribution in [3.8, 4) is 17.6 Å². The van der Waals surface area contributed by atoms with Crippen LogP contribution in [0.1, 0.15) is 34.7 Å². The van der Waals surface area contributed by atoms with Gasteiger partial charge in [0.2, 0.25) is 6.79 Å². The molecule has 0 spiro atoms. The van der Waals surface area contributed by atoms with E-state index in [1.54, 1.807) is 24.3 Å². The molecule has 8 nitrogen and oxygen atoms in total. The Labute approximate surface area is 212 Å². The Morgan fingerprint density at radius 1 is 1.05 bits per heavy atom. The van der Waals surface area contributed by atoms with Crippen molar-refractivity contribution in [1.29, 1.82) is 5.26 Å². The highest BCUT2D eigenvalue weighted by Crippen LogP contribution is 2.34. The highest BCUT2D eigenvalue weighted by Gasteiger charge is 2.39. The van der Waals surface area contributed by atoms with Crippen LogP contribution in [0.5, 0.6) is 11.5 Å². The molecule has 2 amide bonds. The van der Waals surface area contributed by atoms with E-state index in [4.69, 9.17) is 14.2 Å². The van der Waals surface area contributed by atoms with Gasteiger partial charge in [-0.2, -0.15) is 5.26 Å². The first-order valence-corrected chi connectivity index (χ1v) is 11.7. The number of amides is 2. The van der Waals surface area contributed by atoms with Crippen LogP contribution in [0, 0.1) is 23.1 Å². The van der Waals surface area contributed by atoms with Gasteiger partial charge in [0.25, 0.3) is 0 Å². The number of hydrogen-bond acceptors (Lipinski definition) is 6. The Bertz CT molecular complexity index is 1410. The summed E-state index contributed by atoms with van der Waals surface area (Å²) < 4.78 is 29.7. The number of rotatable bonds is 7. The molecule has 37 heavy (non-hydrogen) atoms. The average molecular weight is 499 g/mol. The van der Waals surface area contributed by atoms with Crippen LogP contribution >= 0.6 is 0 Å². The van der Waals surface area contributed by atoms with Gasteiger partial charge in [0.05, 0.1) is 17.7 Å². The van der Waals surface area contributed by atoms with Crippen LogP contribution in [0.2, 0.25) is 0 Å². The molecule has 2 unspecified atom stereocenters. The van der Waals surface area contributed by atoms with E-state index >= 15 is 0 Å². The third kappa shape index (κ3) is 5.43. The van der Waals surface area contributed by atoms with Crippen molar-refractivity contribution in [3.05, 3.63) is 94.8 Å². The zero-order valence-corrected chi connectivity index (χ0v) is 19.6. The number of ether oxygens (including phenoxy) is 3. The molecule has 2 aliphatic heterocycles. The van der Waals surface area contributed by atoms with Gasteiger partial charge in [0, 0.05) is 5.71 Å². The first-order valence-electron chi connectivity index (χ1n) is 11.7. The molecule has 2 atom stereocenters. The highest BCUT2D eigenvalue weighted by molar-refractivity contribution is 6.09. The third-order valence-corrected chi connectivity index (χ3v) is 6.25. The number of aliphatic imine (C=N–C) groups is 1. The third-order valence-electron chi connectivity index (χ3n) is 6.25. The number of fused-ring (bicyclic) bond motifs is 1. The number of esters is 1. The molecule has 0 fully saturated rings. The Balaban J connectivity index is 1.41. The van der Waals surface area contributed by atoms with E-state index in [1.165, 1.54) is 24.3 Å². The quantitative estimate of drug-likeness (QED) is 0.475. The minimum atomic E-state index is -0.916. The monoisotopic (exact) mass is 499 g/mol. The predicted octanol–water partition coefficient (Wildman–Crippen LogP) is 4.62. The second-order valence-corrected chi connectivity index (χ2v) is 8.67. The van der Waals surface area contributed by atoms with Gasteiger partial charge in [0.15, 0.2) is 11.5 Å². The second kappa shape index (κ2) is 10.5. The SMILES string of the molecule is N#Cc1cccc(C2NC(=O)N=C(CCc3ccc4c(c3)OCO4)C2C(=O)OCc2ccc(F)cc2)c1. The topological polar surface area (TPSA) is 110 Å². The minimum absolute atomic E-state index is 0.0655. The number of nitriles is 1. The number of urea groups is 1. The second-order valence-electron chi connectivity index (χ2n) is 8.67. The van der Waals surface area contributed by atoms with Crippen LogP contribution in [-0.4, -0.2) is 24.5 Å². The average Bonchev–Trinajstić information content (AvgIpc) is 3.39. The van der Waals surface area contributed by atoms with Gasteiger partial charge in [-0.1, -0.05) is 30.3 Å².